The van der Waals surface area contributed by atoms with Crippen molar-refractivity contribution in [1.82, 2.24) is 5.32 Å². The predicted molar refractivity (Wildman–Crippen MR) is 107 cm³/mol. The molecule has 0 spiro atoms. The number of carbonyl (C=O) groups is 1. The zero-order chi connectivity index (χ0) is 19.4. The summed E-state index contributed by atoms with van der Waals surface area (Å²) in [4.78, 5) is 12.8. The fraction of sp³-hybridized carbons (Fsp3) is 0.435. The molecule has 0 aromatic heterocycles. The quantitative estimate of drug-likeness (QED) is 0.785. The summed E-state index contributed by atoms with van der Waals surface area (Å²) in [6.45, 7) is 8.09. The van der Waals surface area contributed by atoms with Gasteiger partial charge in [-0.1, -0.05) is 49.7 Å². The van der Waals surface area contributed by atoms with E-state index in [-0.39, 0.29) is 17.6 Å². The van der Waals surface area contributed by atoms with Gasteiger partial charge in [0.15, 0.2) is 6.10 Å². The predicted octanol–water partition coefficient (Wildman–Crippen LogP) is 4.96. The van der Waals surface area contributed by atoms with Crippen molar-refractivity contribution in [2.45, 2.75) is 64.7 Å². The number of para-hydroxylation sites is 1. The topological polar surface area (TPSA) is 47.6 Å². The number of aryl methyl sites for hydroxylation is 1. The molecule has 27 heavy (non-hydrogen) atoms. The van der Waals surface area contributed by atoms with Gasteiger partial charge in [0.05, 0.1) is 6.04 Å². The van der Waals surface area contributed by atoms with E-state index in [1.54, 1.807) is 6.92 Å². The van der Waals surface area contributed by atoms with Gasteiger partial charge < -0.3 is 14.8 Å². The molecule has 0 aliphatic carbocycles. The lowest BCUT2D eigenvalue weighted by molar-refractivity contribution is -0.128. The molecule has 2 aromatic carbocycles. The van der Waals surface area contributed by atoms with Crippen LogP contribution in [0.3, 0.4) is 0 Å². The van der Waals surface area contributed by atoms with E-state index >= 15 is 0 Å². The van der Waals surface area contributed by atoms with Crippen LogP contribution in [0, 0.1) is 6.92 Å². The molecule has 1 aliphatic rings. The highest BCUT2D eigenvalue weighted by molar-refractivity contribution is 5.81. The third kappa shape index (κ3) is 4.26. The summed E-state index contributed by atoms with van der Waals surface area (Å²) >= 11 is 0. The largest absolute Gasteiger partial charge is 0.487 e. The van der Waals surface area contributed by atoms with Crippen molar-refractivity contribution in [1.29, 1.82) is 0 Å². The van der Waals surface area contributed by atoms with Gasteiger partial charge in [0.2, 0.25) is 0 Å². The molecule has 0 fully saturated rings. The lowest BCUT2D eigenvalue weighted by atomic mass is 9.83. The second-order valence-corrected chi connectivity index (χ2v) is 7.37. The van der Waals surface area contributed by atoms with Crippen molar-refractivity contribution in [2.24, 2.45) is 0 Å². The number of hydrogen-bond acceptors (Lipinski definition) is 3. The van der Waals surface area contributed by atoms with Gasteiger partial charge in [-0.3, -0.25) is 4.79 Å². The molecule has 0 saturated carbocycles. The highest BCUT2D eigenvalue weighted by atomic mass is 16.5. The number of rotatable bonds is 6. The minimum atomic E-state index is -0.569. The number of nitrogens with one attached hydrogen (secondary N) is 1. The standard InChI is InChI=1S/C23H29NO3/c1-5-23(6-2)15-20(19-9-7-8-10-21(19)27-23)24-22(25)17(4)26-18-13-11-16(3)12-14-18/h7-14,17,20H,5-6,15H2,1-4H3,(H,24,25). The Morgan fingerprint density at radius 3 is 2.52 bits per heavy atom. The van der Waals surface area contributed by atoms with Crippen LogP contribution in [-0.4, -0.2) is 17.6 Å². The highest BCUT2D eigenvalue weighted by Crippen LogP contribution is 2.42. The van der Waals surface area contributed by atoms with E-state index in [9.17, 15) is 4.79 Å². The molecule has 0 radical (unpaired) electrons. The summed E-state index contributed by atoms with van der Waals surface area (Å²) in [5.41, 5.74) is 1.95. The van der Waals surface area contributed by atoms with E-state index in [1.807, 2.05) is 55.5 Å². The number of ether oxygens (including phenoxy) is 2. The number of hydrogen-bond donors (Lipinski definition) is 1. The molecule has 1 heterocycles. The van der Waals surface area contributed by atoms with Crippen LogP contribution in [0.25, 0.3) is 0 Å². The van der Waals surface area contributed by atoms with Gasteiger partial charge >= 0.3 is 0 Å². The maximum Gasteiger partial charge on any atom is 0.261 e. The summed E-state index contributed by atoms with van der Waals surface area (Å²) in [5, 5.41) is 3.19. The Balaban J connectivity index is 1.74. The van der Waals surface area contributed by atoms with Crippen LogP contribution >= 0.6 is 0 Å². The number of fused-ring (bicyclic) bond motifs is 1. The fourth-order valence-corrected chi connectivity index (χ4v) is 3.59. The van der Waals surface area contributed by atoms with Crippen molar-refractivity contribution in [2.75, 3.05) is 0 Å². The molecule has 144 valence electrons. The molecular formula is C23H29NO3. The lowest BCUT2D eigenvalue weighted by Gasteiger charge is -2.41. The lowest BCUT2D eigenvalue weighted by Crippen LogP contribution is -2.46. The van der Waals surface area contributed by atoms with Crippen molar-refractivity contribution >= 4 is 5.91 Å². The Bertz CT molecular complexity index is 780. The highest BCUT2D eigenvalue weighted by Gasteiger charge is 2.39. The molecule has 1 aliphatic heterocycles. The molecular weight excluding hydrogens is 338 g/mol. The van der Waals surface area contributed by atoms with E-state index < -0.39 is 6.10 Å². The van der Waals surface area contributed by atoms with Crippen LogP contribution in [-0.2, 0) is 4.79 Å². The molecule has 0 bridgehead atoms. The SMILES string of the molecule is CCC1(CC)CC(NC(=O)C(C)Oc2ccc(C)cc2)c2ccccc2O1. The van der Waals surface area contributed by atoms with Crippen LogP contribution in [0.4, 0.5) is 0 Å². The summed E-state index contributed by atoms with van der Waals surface area (Å²) in [7, 11) is 0. The van der Waals surface area contributed by atoms with Crippen LogP contribution in [0.1, 0.15) is 57.2 Å². The second kappa shape index (κ2) is 8.03. The molecule has 4 nitrogen and oxygen atoms in total. The van der Waals surface area contributed by atoms with Gasteiger partial charge in [0, 0.05) is 12.0 Å². The Kier molecular flexibility index (Phi) is 5.73. The first-order valence-corrected chi connectivity index (χ1v) is 9.78. The maximum atomic E-state index is 12.8. The van der Waals surface area contributed by atoms with Gasteiger partial charge in [0.1, 0.15) is 17.1 Å². The van der Waals surface area contributed by atoms with Crippen molar-refractivity contribution in [3.8, 4) is 11.5 Å². The van der Waals surface area contributed by atoms with Crippen LogP contribution in [0.5, 0.6) is 11.5 Å². The first kappa shape index (κ1) is 19.3. The Labute approximate surface area is 161 Å². The van der Waals surface area contributed by atoms with Gasteiger partial charge in [0.25, 0.3) is 5.91 Å². The van der Waals surface area contributed by atoms with Gasteiger partial charge in [-0.2, -0.15) is 0 Å². The van der Waals surface area contributed by atoms with E-state index in [4.69, 9.17) is 9.47 Å². The number of carbonyl (C=O) groups excluding carboxylic acids is 1. The smallest absolute Gasteiger partial charge is 0.261 e. The van der Waals surface area contributed by atoms with Crippen molar-refractivity contribution < 1.29 is 14.3 Å². The first-order chi connectivity index (χ1) is 13.0. The molecule has 1 N–H and O–H groups in total. The molecule has 4 heteroatoms. The Hall–Kier alpha value is -2.49. The normalized spacial score (nSPS) is 18.7. The van der Waals surface area contributed by atoms with Crippen LogP contribution < -0.4 is 14.8 Å². The average molecular weight is 367 g/mol. The minimum Gasteiger partial charge on any atom is -0.487 e. The molecule has 1 amide bonds. The molecule has 2 aromatic rings. The summed E-state index contributed by atoms with van der Waals surface area (Å²) < 4.78 is 12.1. The molecule has 3 rings (SSSR count). The fourth-order valence-electron chi connectivity index (χ4n) is 3.59. The van der Waals surface area contributed by atoms with E-state index in [1.165, 1.54) is 0 Å². The number of amides is 1. The van der Waals surface area contributed by atoms with Gasteiger partial charge in [-0.25, -0.2) is 0 Å². The van der Waals surface area contributed by atoms with Crippen LogP contribution in [0.2, 0.25) is 0 Å². The minimum absolute atomic E-state index is 0.0774. The molecule has 2 unspecified atom stereocenters. The zero-order valence-electron chi connectivity index (χ0n) is 16.6. The van der Waals surface area contributed by atoms with E-state index in [0.717, 1.165) is 36.1 Å². The third-order valence-electron chi connectivity index (χ3n) is 5.51. The van der Waals surface area contributed by atoms with Gasteiger partial charge in [-0.15, -0.1) is 0 Å². The summed E-state index contributed by atoms with van der Waals surface area (Å²) in [6, 6.07) is 15.6. The first-order valence-electron chi connectivity index (χ1n) is 9.78. The van der Waals surface area contributed by atoms with E-state index in [2.05, 4.69) is 19.2 Å². The van der Waals surface area contributed by atoms with Crippen molar-refractivity contribution in [3.63, 3.8) is 0 Å². The average Bonchev–Trinajstić information content (AvgIpc) is 2.69. The van der Waals surface area contributed by atoms with Crippen LogP contribution in [0.15, 0.2) is 48.5 Å². The summed E-state index contributed by atoms with van der Waals surface area (Å²) in [6.07, 6.45) is 2.00. The molecule has 2 atom stereocenters. The van der Waals surface area contributed by atoms with E-state index in [0.29, 0.717) is 5.75 Å². The van der Waals surface area contributed by atoms with Gasteiger partial charge in [-0.05, 0) is 44.9 Å². The third-order valence-corrected chi connectivity index (χ3v) is 5.51. The Morgan fingerprint density at radius 1 is 1.19 bits per heavy atom. The monoisotopic (exact) mass is 367 g/mol. The summed E-state index contributed by atoms with van der Waals surface area (Å²) in [5.74, 6) is 1.45. The van der Waals surface area contributed by atoms with Crippen molar-refractivity contribution in [3.05, 3.63) is 59.7 Å². The molecule has 0 saturated heterocycles. The maximum absolute atomic E-state index is 12.8. The second-order valence-electron chi connectivity index (χ2n) is 7.37. The number of benzene rings is 2. The Morgan fingerprint density at radius 2 is 1.85 bits per heavy atom. The zero-order valence-corrected chi connectivity index (χ0v) is 16.6.